The first-order valence-corrected chi connectivity index (χ1v) is 2.98. The van der Waals surface area contributed by atoms with E-state index in [0.717, 1.165) is 6.54 Å². The van der Waals surface area contributed by atoms with Crippen LogP contribution in [0, 0.1) is 0 Å². The summed E-state index contributed by atoms with van der Waals surface area (Å²) in [5.41, 5.74) is 5.35. The molecule has 0 atom stereocenters. The van der Waals surface area contributed by atoms with E-state index in [-0.39, 0.29) is 0 Å². The van der Waals surface area contributed by atoms with Gasteiger partial charge in [-0.25, -0.2) is 0 Å². The molecule has 0 spiro atoms. The van der Waals surface area contributed by atoms with Gasteiger partial charge in [0.05, 0.1) is 12.2 Å². The summed E-state index contributed by atoms with van der Waals surface area (Å²) in [6.07, 6.45) is 10.1. The quantitative estimate of drug-likeness (QED) is 0.461. The van der Waals surface area contributed by atoms with Gasteiger partial charge >= 0.3 is 0 Å². The molecular weight excluding hydrogens is 112 g/mol. The lowest BCUT2D eigenvalue weighted by Gasteiger charge is -2.14. The standard InChI is InChI=1S/C7H7N2/c1-2-6-9-7(3-1)4-5-8-9/h1-4,6H,5H2. The zero-order valence-corrected chi connectivity index (χ0v) is 4.99. The highest BCUT2D eigenvalue weighted by molar-refractivity contribution is 5.29. The van der Waals surface area contributed by atoms with Gasteiger partial charge < -0.3 is 0 Å². The minimum atomic E-state index is 0.823. The molecule has 0 N–H and O–H groups in total. The Morgan fingerprint density at radius 2 is 2.44 bits per heavy atom. The second kappa shape index (κ2) is 1.74. The molecule has 2 aliphatic rings. The van der Waals surface area contributed by atoms with Crippen molar-refractivity contribution in [1.29, 1.82) is 0 Å². The lowest BCUT2D eigenvalue weighted by atomic mass is 10.3. The van der Waals surface area contributed by atoms with Gasteiger partial charge in [-0.15, -0.1) is 5.43 Å². The van der Waals surface area contributed by atoms with Crippen molar-refractivity contribution < 1.29 is 0 Å². The van der Waals surface area contributed by atoms with Gasteiger partial charge in [-0.1, -0.05) is 6.08 Å². The van der Waals surface area contributed by atoms with Crippen LogP contribution in [0.3, 0.4) is 0 Å². The third-order valence-electron chi connectivity index (χ3n) is 1.40. The summed E-state index contributed by atoms with van der Waals surface area (Å²) in [5.74, 6) is 0. The summed E-state index contributed by atoms with van der Waals surface area (Å²) in [6, 6.07) is 0. The van der Waals surface area contributed by atoms with Gasteiger partial charge in [0.15, 0.2) is 0 Å². The minimum Gasteiger partial charge on any atom is -0.267 e. The molecule has 0 aromatic carbocycles. The molecular formula is C7H7N2. The highest BCUT2D eigenvalue weighted by atomic mass is 15.5. The number of hydrogen-bond donors (Lipinski definition) is 0. The van der Waals surface area contributed by atoms with Crippen molar-refractivity contribution in [2.24, 2.45) is 0 Å². The molecule has 2 nitrogen and oxygen atoms in total. The van der Waals surface area contributed by atoms with Crippen LogP contribution in [0.4, 0.5) is 0 Å². The molecule has 0 amide bonds. The maximum atomic E-state index is 4.16. The molecule has 2 rings (SSSR count). The average molecular weight is 119 g/mol. The van der Waals surface area contributed by atoms with E-state index < -0.39 is 0 Å². The second-order valence-corrected chi connectivity index (χ2v) is 2.00. The third kappa shape index (κ3) is 0.678. The molecule has 0 unspecified atom stereocenters. The third-order valence-corrected chi connectivity index (χ3v) is 1.40. The van der Waals surface area contributed by atoms with Crippen molar-refractivity contribution >= 4 is 0 Å². The molecule has 2 heteroatoms. The lowest BCUT2D eigenvalue weighted by Crippen LogP contribution is -2.19. The highest BCUT2D eigenvalue weighted by Gasteiger charge is 2.11. The van der Waals surface area contributed by atoms with E-state index in [9.17, 15) is 0 Å². The van der Waals surface area contributed by atoms with Crippen LogP contribution in [0.5, 0.6) is 0 Å². The molecule has 0 saturated carbocycles. The Morgan fingerprint density at radius 1 is 1.44 bits per heavy atom. The molecule has 0 aromatic rings. The van der Waals surface area contributed by atoms with Crippen molar-refractivity contribution in [2.45, 2.75) is 0 Å². The number of hydrogen-bond acceptors (Lipinski definition) is 1. The summed E-state index contributed by atoms with van der Waals surface area (Å²) in [5, 5.41) is 1.89. The van der Waals surface area contributed by atoms with E-state index in [4.69, 9.17) is 0 Å². The van der Waals surface area contributed by atoms with Crippen LogP contribution < -0.4 is 5.43 Å². The normalized spacial score (nSPS) is 22.2. The molecule has 0 aliphatic carbocycles. The first-order valence-electron chi connectivity index (χ1n) is 2.98. The maximum absolute atomic E-state index is 4.16. The van der Waals surface area contributed by atoms with Crippen LogP contribution in [-0.4, -0.2) is 11.6 Å². The second-order valence-electron chi connectivity index (χ2n) is 2.00. The molecule has 0 fully saturated rings. The molecule has 0 aromatic heterocycles. The predicted octanol–water partition coefficient (Wildman–Crippen LogP) is 0.789. The van der Waals surface area contributed by atoms with E-state index in [1.54, 1.807) is 0 Å². The Hall–Kier alpha value is -1.02. The zero-order chi connectivity index (χ0) is 6.10. The fourth-order valence-corrected chi connectivity index (χ4v) is 0.960. The van der Waals surface area contributed by atoms with Gasteiger partial charge in [-0.05, 0) is 18.2 Å². The van der Waals surface area contributed by atoms with Gasteiger partial charge in [-0.3, -0.25) is 5.01 Å². The summed E-state index contributed by atoms with van der Waals surface area (Å²) >= 11 is 0. The van der Waals surface area contributed by atoms with Gasteiger partial charge in [0.1, 0.15) is 0 Å². The SMILES string of the molecule is C1=CC2=CC[N]N2C=C1. The Balaban J connectivity index is 2.33. The van der Waals surface area contributed by atoms with Crippen molar-refractivity contribution in [3.05, 3.63) is 36.2 Å². The summed E-state index contributed by atoms with van der Waals surface area (Å²) < 4.78 is 0. The molecule has 9 heavy (non-hydrogen) atoms. The van der Waals surface area contributed by atoms with Crippen molar-refractivity contribution in [3.8, 4) is 0 Å². The fraction of sp³-hybridized carbons (Fsp3) is 0.143. The average Bonchev–Trinajstić information content (AvgIpc) is 2.33. The topological polar surface area (TPSA) is 17.3 Å². The molecule has 2 heterocycles. The van der Waals surface area contributed by atoms with Gasteiger partial charge in [0.2, 0.25) is 0 Å². The number of rotatable bonds is 0. The van der Waals surface area contributed by atoms with Crippen LogP contribution in [0.1, 0.15) is 0 Å². The number of allylic oxidation sites excluding steroid dienone is 3. The maximum Gasteiger partial charge on any atom is 0.0569 e. The molecule has 0 bridgehead atoms. The largest absolute Gasteiger partial charge is 0.267 e. The predicted molar refractivity (Wildman–Crippen MR) is 35.2 cm³/mol. The van der Waals surface area contributed by atoms with Crippen LogP contribution >= 0.6 is 0 Å². The van der Waals surface area contributed by atoms with Gasteiger partial charge in [0.25, 0.3) is 0 Å². The van der Waals surface area contributed by atoms with Gasteiger partial charge in [-0.2, -0.15) is 0 Å². The Kier molecular flexibility index (Phi) is 0.932. The first kappa shape index (κ1) is 4.82. The Morgan fingerprint density at radius 3 is 3.33 bits per heavy atom. The fourth-order valence-electron chi connectivity index (χ4n) is 0.960. The molecule has 0 saturated heterocycles. The summed E-state index contributed by atoms with van der Waals surface area (Å²) in [7, 11) is 0. The van der Waals surface area contributed by atoms with Crippen LogP contribution in [0.2, 0.25) is 0 Å². The van der Waals surface area contributed by atoms with Crippen LogP contribution in [-0.2, 0) is 0 Å². The number of nitrogens with zero attached hydrogens (tertiary/aromatic N) is 2. The van der Waals surface area contributed by atoms with E-state index in [1.807, 2.05) is 23.4 Å². The lowest BCUT2D eigenvalue weighted by molar-refractivity contribution is 0.384. The van der Waals surface area contributed by atoms with Crippen molar-refractivity contribution in [2.75, 3.05) is 6.54 Å². The zero-order valence-electron chi connectivity index (χ0n) is 4.99. The Labute approximate surface area is 54.1 Å². The smallest absolute Gasteiger partial charge is 0.0569 e. The van der Waals surface area contributed by atoms with Crippen LogP contribution in [0.15, 0.2) is 36.2 Å². The molecule has 1 radical (unpaired) electrons. The van der Waals surface area contributed by atoms with E-state index in [0.29, 0.717) is 0 Å². The van der Waals surface area contributed by atoms with E-state index >= 15 is 0 Å². The van der Waals surface area contributed by atoms with Crippen LogP contribution in [0.25, 0.3) is 0 Å². The molecule has 45 valence electrons. The highest BCUT2D eigenvalue weighted by Crippen LogP contribution is 2.13. The minimum absolute atomic E-state index is 0.823. The van der Waals surface area contributed by atoms with E-state index in [2.05, 4.69) is 17.6 Å². The van der Waals surface area contributed by atoms with Crippen molar-refractivity contribution in [3.63, 3.8) is 0 Å². The van der Waals surface area contributed by atoms with Gasteiger partial charge in [0, 0.05) is 6.20 Å². The summed E-state index contributed by atoms with van der Waals surface area (Å²) in [4.78, 5) is 0. The molecule has 2 aliphatic heterocycles. The number of fused-ring (bicyclic) bond motifs is 1. The van der Waals surface area contributed by atoms with Crippen molar-refractivity contribution in [1.82, 2.24) is 10.4 Å². The monoisotopic (exact) mass is 119 g/mol. The van der Waals surface area contributed by atoms with E-state index in [1.165, 1.54) is 5.70 Å². The first-order chi connectivity index (χ1) is 4.47. The Bertz CT molecular complexity index is 198. The summed E-state index contributed by atoms with van der Waals surface area (Å²) in [6.45, 7) is 0.823.